The number of nitrogens with two attached hydrogens (primary N) is 1. The van der Waals surface area contributed by atoms with Gasteiger partial charge in [0.1, 0.15) is 0 Å². The number of sulfonamides is 1. The Morgan fingerprint density at radius 2 is 1.94 bits per heavy atom. The lowest BCUT2D eigenvalue weighted by Gasteiger charge is -2.29. The SMILES string of the molecule is Cc1cc(Br)ccc1S(=O)(=O)N1CCC(N)CC1. The van der Waals surface area contributed by atoms with Gasteiger partial charge in [-0.05, 0) is 43.5 Å². The summed E-state index contributed by atoms with van der Waals surface area (Å²) >= 11 is 3.34. The lowest BCUT2D eigenvalue weighted by Crippen LogP contribution is -2.42. The van der Waals surface area contributed by atoms with E-state index in [1.165, 1.54) is 4.31 Å². The number of hydrogen-bond acceptors (Lipinski definition) is 3. The van der Waals surface area contributed by atoms with E-state index in [0.29, 0.717) is 18.0 Å². The topological polar surface area (TPSA) is 63.4 Å². The van der Waals surface area contributed by atoms with E-state index < -0.39 is 10.0 Å². The van der Waals surface area contributed by atoms with Gasteiger partial charge in [-0.3, -0.25) is 0 Å². The normalized spacial score (nSPS) is 19.1. The molecule has 1 aliphatic rings. The van der Waals surface area contributed by atoms with E-state index in [9.17, 15) is 8.42 Å². The zero-order valence-corrected chi connectivity index (χ0v) is 12.7. The highest BCUT2D eigenvalue weighted by Gasteiger charge is 2.29. The van der Waals surface area contributed by atoms with E-state index >= 15 is 0 Å². The monoisotopic (exact) mass is 332 g/mol. The van der Waals surface area contributed by atoms with Crippen molar-refractivity contribution in [3.05, 3.63) is 28.2 Å². The van der Waals surface area contributed by atoms with Crippen molar-refractivity contribution in [2.24, 2.45) is 5.73 Å². The maximum atomic E-state index is 12.5. The van der Waals surface area contributed by atoms with Gasteiger partial charge in [0.2, 0.25) is 10.0 Å². The molecule has 2 rings (SSSR count). The molecule has 0 aromatic heterocycles. The Morgan fingerprint density at radius 3 is 2.50 bits per heavy atom. The van der Waals surface area contributed by atoms with Crippen LogP contribution in [0.1, 0.15) is 18.4 Å². The van der Waals surface area contributed by atoms with Gasteiger partial charge < -0.3 is 5.73 Å². The molecular formula is C12H17BrN2O2S. The molecule has 1 heterocycles. The summed E-state index contributed by atoms with van der Waals surface area (Å²) in [5, 5.41) is 0. The van der Waals surface area contributed by atoms with Crippen molar-refractivity contribution in [1.29, 1.82) is 0 Å². The van der Waals surface area contributed by atoms with Gasteiger partial charge in [-0.1, -0.05) is 15.9 Å². The van der Waals surface area contributed by atoms with Crippen LogP contribution in [0.5, 0.6) is 0 Å². The van der Waals surface area contributed by atoms with Gasteiger partial charge in [0, 0.05) is 23.6 Å². The molecule has 18 heavy (non-hydrogen) atoms. The van der Waals surface area contributed by atoms with E-state index in [4.69, 9.17) is 5.73 Å². The molecule has 0 saturated carbocycles. The molecule has 0 spiro atoms. The predicted molar refractivity (Wildman–Crippen MR) is 74.8 cm³/mol. The van der Waals surface area contributed by atoms with Crippen molar-refractivity contribution >= 4 is 26.0 Å². The van der Waals surface area contributed by atoms with Crippen LogP contribution < -0.4 is 5.73 Å². The van der Waals surface area contributed by atoms with Gasteiger partial charge in [0.25, 0.3) is 0 Å². The molecule has 1 saturated heterocycles. The maximum absolute atomic E-state index is 12.5. The molecule has 6 heteroatoms. The molecule has 0 aliphatic carbocycles. The Bertz CT molecular complexity index is 537. The number of benzene rings is 1. The number of aryl methyl sites for hydroxylation is 1. The Morgan fingerprint density at radius 1 is 1.33 bits per heavy atom. The van der Waals surface area contributed by atoms with E-state index in [0.717, 1.165) is 22.9 Å². The van der Waals surface area contributed by atoms with Crippen LogP contribution in [0.4, 0.5) is 0 Å². The van der Waals surface area contributed by atoms with Crippen LogP contribution in [0.15, 0.2) is 27.6 Å². The number of hydrogen-bond donors (Lipinski definition) is 1. The second kappa shape index (κ2) is 5.28. The molecule has 1 aliphatic heterocycles. The highest BCUT2D eigenvalue weighted by atomic mass is 79.9. The minimum absolute atomic E-state index is 0.127. The van der Waals surface area contributed by atoms with Crippen LogP contribution >= 0.6 is 15.9 Å². The zero-order valence-electron chi connectivity index (χ0n) is 10.3. The first-order valence-electron chi connectivity index (χ1n) is 5.93. The summed E-state index contributed by atoms with van der Waals surface area (Å²) < 4.78 is 27.4. The van der Waals surface area contributed by atoms with Gasteiger partial charge >= 0.3 is 0 Å². The first-order valence-corrected chi connectivity index (χ1v) is 8.16. The molecule has 0 atom stereocenters. The molecule has 2 N–H and O–H groups in total. The average molecular weight is 333 g/mol. The third kappa shape index (κ3) is 2.77. The maximum Gasteiger partial charge on any atom is 0.243 e. The molecule has 1 fully saturated rings. The number of rotatable bonds is 2. The summed E-state index contributed by atoms with van der Waals surface area (Å²) in [5.41, 5.74) is 6.56. The smallest absolute Gasteiger partial charge is 0.243 e. The predicted octanol–water partition coefficient (Wildman–Crippen LogP) is 1.87. The van der Waals surface area contributed by atoms with E-state index in [-0.39, 0.29) is 6.04 Å². The Balaban J connectivity index is 2.30. The highest BCUT2D eigenvalue weighted by molar-refractivity contribution is 9.10. The minimum atomic E-state index is -3.38. The van der Waals surface area contributed by atoms with Crippen LogP contribution in [0, 0.1) is 6.92 Å². The largest absolute Gasteiger partial charge is 0.328 e. The molecule has 4 nitrogen and oxygen atoms in total. The summed E-state index contributed by atoms with van der Waals surface area (Å²) in [6, 6.07) is 5.36. The molecule has 0 unspecified atom stereocenters. The van der Waals surface area contributed by atoms with Crippen molar-refractivity contribution in [2.75, 3.05) is 13.1 Å². The number of nitrogens with zero attached hydrogens (tertiary/aromatic N) is 1. The van der Waals surface area contributed by atoms with E-state index in [2.05, 4.69) is 15.9 Å². The van der Waals surface area contributed by atoms with Crippen molar-refractivity contribution in [2.45, 2.75) is 30.7 Å². The molecule has 100 valence electrons. The minimum Gasteiger partial charge on any atom is -0.328 e. The summed E-state index contributed by atoms with van der Waals surface area (Å²) in [6.45, 7) is 2.84. The molecule has 0 bridgehead atoms. The van der Waals surface area contributed by atoms with Gasteiger partial charge in [0.15, 0.2) is 0 Å². The Kier molecular flexibility index (Phi) is 4.11. The third-order valence-corrected chi connectivity index (χ3v) is 5.81. The Labute approximate surface area is 116 Å². The van der Waals surface area contributed by atoms with Crippen molar-refractivity contribution < 1.29 is 8.42 Å². The van der Waals surface area contributed by atoms with E-state index in [1.54, 1.807) is 12.1 Å². The van der Waals surface area contributed by atoms with Crippen LogP contribution in [-0.4, -0.2) is 31.9 Å². The standard InChI is InChI=1S/C12H17BrN2O2S/c1-9-8-10(13)2-3-12(9)18(16,17)15-6-4-11(14)5-7-15/h2-3,8,11H,4-7,14H2,1H3. The molecule has 1 aromatic rings. The van der Waals surface area contributed by atoms with Crippen molar-refractivity contribution in [3.63, 3.8) is 0 Å². The summed E-state index contributed by atoms with van der Waals surface area (Å²) in [4.78, 5) is 0.390. The van der Waals surface area contributed by atoms with Gasteiger partial charge in [0.05, 0.1) is 4.90 Å². The van der Waals surface area contributed by atoms with Crippen LogP contribution in [0.3, 0.4) is 0 Å². The van der Waals surface area contributed by atoms with Crippen LogP contribution in [-0.2, 0) is 10.0 Å². The second-order valence-corrected chi connectivity index (χ2v) is 7.47. The van der Waals surface area contributed by atoms with Gasteiger partial charge in [-0.25, -0.2) is 8.42 Å². The highest BCUT2D eigenvalue weighted by Crippen LogP contribution is 2.25. The lowest BCUT2D eigenvalue weighted by molar-refractivity contribution is 0.320. The Hall–Kier alpha value is -0.430. The van der Waals surface area contributed by atoms with Crippen molar-refractivity contribution in [3.8, 4) is 0 Å². The van der Waals surface area contributed by atoms with E-state index in [1.807, 2.05) is 13.0 Å². The van der Waals surface area contributed by atoms with Crippen molar-refractivity contribution in [1.82, 2.24) is 4.31 Å². The molecule has 0 amide bonds. The number of piperidine rings is 1. The lowest BCUT2D eigenvalue weighted by atomic mass is 10.1. The van der Waals surface area contributed by atoms with Gasteiger partial charge in [-0.15, -0.1) is 0 Å². The number of halogens is 1. The average Bonchev–Trinajstić information content (AvgIpc) is 2.29. The fourth-order valence-corrected chi connectivity index (χ4v) is 4.31. The van der Waals surface area contributed by atoms with Gasteiger partial charge in [-0.2, -0.15) is 4.31 Å². The summed E-state index contributed by atoms with van der Waals surface area (Å²) in [7, 11) is -3.38. The fraction of sp³-hybridized carbons (Fsp3) is 0.500. The van der Waals surface area contributed by atoms with Crippen LogP contribution in [0.25, 0.3) is 0 Å². The zero-order chi connectivity index (χ0) is 13.3. The summed E-state index contributed by atoms with van der Waals surface area (Å²) in [5.74, 6) is 0. The molecular weight excluding hydrogens is 316 g/mol. The molecule has 1 aromatic carbocycles. The second-order valence-electron chi connectivity index (χ2n) is 4.65. The molecule has 0 radical (unpaired) electrons. The first kappa shape index (κ1) is 14.0. The third-order valence-electron chi connectivity index (χ3n) is 3.25. The summed E-state index contributed by atoms with van der Waals surface area (Å²) in [6.07, 6.45) is 1.46. The first-order chi connectivity index (χ1) is 8.41. The van der Waals surface area contributed by atoms with Crippen LogP contribution in [0.2, 0.25) is 0 Å². The fourth-order valence-electron chi connectivity index (χ4n) is 2.16. The quantitative estimate of drug-likeness (QED) is 0.899.